The van der Waals surface area contributed by atoms with Gasteiger partial charge in [-0.1, -0.05) is 52.0 Å². The van der Waals surface area contributed by atoms with E-state index in [4.69, 9.17) is 28.4 Å². The van der Waals surface area contributed by atoms with Crippen molar-refractivity contribution in [3.8, 4) is 0 Å². The highest BCUT2D eigenvalue weighted by molar-refractivity contribution is 6.03. The van der Waals surface area contributed by atoms with E-state index >= 15 is 0 Å². The predicted octanol–water partition coefficient (Wildman–Crippen LogP) is 4.54. The maximum atomic E-state index is 14.2. The number of morpholine rings is 1. The molecule has 1 saturated heterocycles. The number of hydrogen-bond donors (Lipinski definition) is 6. The first-order valence-corrected chi connectivity index (χ1v) is 22.6. The van der Waals surface area contributed by atoms with Crippen LogP contribution in [0.25, 0.3) is 0 Å². The molecular weight excluding hydrogens is 871 g/mol. The van der Waals surface area contributed by atoms with Crippen molar-refractivity contribution in [1.82, 2.24) is 15.1 Å². The summed E-state index contributed by atoms with van der Waals surface area (Å²) >= 11 is 0. The summed E-state index contributed by atoms with van der Waals surface area (Å²) in [5.41, 5.74) is 0.869. The molecule has 6 N–H and O–H groups in total. The number of allylic oxidation sites excluding steroid dienone is 7. The normalized spacial score (nSPS) is 35.0. The van der Waals surface area contributed by atoms with E-state index in [9.17, 15) is 44.7 Å². The summed E-state index contributed by atoms with van der Waals surface area (Å²) < 4.78 is 35.0. The number of nitrogens with zero attached hydrogens (tertiary/aromatic N) is 2. The number of rotatable bonds is 7. The summed E-state index contributed by atoms with van der Waals surface area (Å²) in [5.74, 6) is -12.0. The Bertz CT molecular complexity index is 2250. The van der Waals surface area contributed by atoms with E-state index in [1.807, 2.05) is 25.5 Å². The second kappa shape index (κ2) is 21.0. The van der Waals surface area contributed by atoms with Crippen LogP contribution in [0.4, 0.5) is 0 Å². The van der Waals surface area contributed by atoms with Gasteiger partial charge in [-0.15, -0.1) is 0 Å². The maximum absolute atomic E-state index is 14.2. The van der Waals surface area contributed by atoms with Crippen LogP contribution in [0.3, 0.4) is 0 Å². The van der Waals surface area contributed by atoms with Crippen molar-refractivity contribution in [3.63, 3.8) is 0 Å². The highest BCUT2D eigenvalue weighted by atomic mass is 16.7. The second-order valence-corrected chi connectivity index (χ2v) is 18.3. The van der Waals surface area contributed by atoms with Gasteiger partial charge >= 0.3 is 17.7 Å². The average molecular weight is 936 g/mol. The minimum atomic E-state index is -1.98. The first-order chi connectivity index (χ1) is 31.7. The van der Waals surface area contributed by atoms with Gasteiger partial charge in [-0.2, -0.15) is 0 Å². The molecule has 5 bridgehead atoms. The van der Waals surface area contributed by atoms with Crippen LogP contribution >= 0.6 is 0 Å². The number of fused-ring (bicyclic) bond motifs is 13. The van der Waals surface area contributed by atoms with E-state index in [2.05, 4.69) is 5.32 Å². The first-order valence-electron chi connectivity index (χ1n) is 22.6. The van der Waals surface area contributed by atoms with Crippen LogP contribution in [-0.2, 0) is 47.6 Å². The minimum absolute atomic E-state index is 0.00562. The van der Waals surface area contributed by atoms with Gasteiger partial charge in [0.25, 0.3) is 5.91 Å². The van der Waals surface area contributed by atoms with Gasteiger partial charge in [-0.05, 0) is 38.1 Å². The number of amides is 1. The van der Waals surface area contributed by atoms with Gasteiger partial charge in [-0.25, -0.2) is 4.79 Å². The Morgan fingerprint density at radius 3 is 2.31 bits per heavy atom. The van der Waals surface area contributed by atoms with E-state index in [0.717, 1.165) is 5.57 Å². The van der Waals surface area contributed by atoms with Gasteiger partial charge in [0.15, 0.2) is 18.1 Å². The zero-order chi connectivity index (χ0) is 49.1. The lowest BCUT2D eigenvalue weighted by atomic mass is 9.69. The van der Waals surface area contributed by atoms with Crippen molar-refractivity contribution in [3.05, 3.63) is 106 Å². The Hall–Kier alpha value is -5.82. The van der Waals surface area contributed by atoms with E-state index < -0.39 is 113 Å². The van der Waals surface area contributed by atoms with Crippen molar-refractivity contribution < 1.29 is 73.1 Å². The molecule has 0 aromatic heterocycles. The van der Waals surface area contributed by atoms with E-state index in [0.29, 0.717) is 6.42 Å². The highest BCUT2D eigenvalue weighted by Gasteiger charge is 2.58. The molecule has 0 aromatic carbocycles. The molecule has 5 heterocycles. The van der Waals surface area contributed by atoms with Crippen molar-refractivity contribution in [2.24, 2.45) is 35.5 Å². The molecule has 7 aliphatic rings. The molecule has 67 heavy (non-hydrogen) atoms. The van der Waals surface area contributed by atoms with Crippen LogP contribution in [0.5, 0.6) is 0 Å². The Morgan fingerprint density at radius 1 is 0.940 bits per heavy atom. The summed E-state index contributed by atoms with van der Waals surface area (Å²) in [4.78, 5) is 57.8. The molecule has 18 heteroatoms. The number of nitrogens with one attached hydrogen (secondary N) is 1. The van der Waals surface area contributed by atoms with Crippen LogP contribution < -0.4 is 5.32 Å². The third-order valence-corrected chi connectivity index (χ3v) is 13.5. The maximum Gasteiger partial charge on any atom is 0.344 e. The summed E-state index contributed by atoms with van der Waals surface area (Å²) in [6.07, 6.45) is 9.12. The highest BCUT2D eigenvalue weighted by Crippen LogP contribution is 2.54. The van der Waals surface area contributed by atoms with Crippen LogP contribution in [0.2, 0.25) is 0 Å². The van der Waals surface area contributed by atoms with E-state index in [-0.39, 0.29) is 66.6 Å². The van der Waals surface area contributed by atoms with Gasteiger partial charge in [0, 0.05) is 75.2 Å². The van der Waals surface area contributed by atoms with Crippen molar-refractivity contribution >= 4 is 23.6 Å². The predicted molar refractivity (Wildman–Crippen MR) is 241 cm³/mol. The number of methoxy groups -OCH3 is 1. The minimum Gasteiger partial charge on any atom is -0.509 e. The lowest BCUT2D eigenvalue weighted by Gasteiger charge is -2.41. The first kappa shape index (κ1) is 50.6. The Balaban J connectivity index is 1.38. The molecular formula is C49H65N3O15. The van der Waals surface area contributed by atoms with Crippen molar-refractivity contribution in [2.75, 3.05) is 47.1 Å². The van der Waals surface area contributed by atoms with Gasteiger partial charge in [0.1, 0.15) is 34.8 Å². The Morgan fingerprint density at radius 2 is 1.64 bits per heavy atom. The lowest BCUT2D eigenvalue weighted by molar-refractivity contribution is -0.172. The number of aliphatic hydroxyl groups is 5. The SMILES string of the molecule is CO[C@H]1/C=C/O[C@@]2(C)OC3=C(C)C(=O)C4C(O)=C(NC(=O)/C(C)=C\C=C\[C@@H](C)[C@H](O)[C@@H](C)[C@@H](O)[C@@H](C)[C@@H](OC(=O)COC(=O)CC5=CN(C)C=CC5)[C@@H]1C)C(N1CCOCC1)=C(O)C4C3=C2O. The van der Waals surface area contributed by atoms with E-state index in [1.54, 1.807) is 49.6 Å². The summed E-state index contributed by atoms with van der Waals surface area (Å²) in [6.45, 7) is 11.5. The number of esters is 2. The number of carbonyl (C=O) groups is 4. The quantitative estimate of drug-likeness (QED) is 0.192. The zero-order valence-corrected chi connectivity index (χ0v) is 39.6. The smallest absolute Gasteiger partial charge is 0.344 e. The van der Waals surface area contributed by atoms with Gasteiger partial charge < -0.3 is 69.1 Å². The third-order valence-electron chi connectivity index (χ3n) is 13.5. The molecule has 0 radical (unpaired) electrons. The van der Waals surface area contributed by atoms with Gasteiger partial charge in [0.2, 0.25) is 0 Å². The number of carbonyl (C=O) groups excluding carboxylic acids is 4. The number of aliphatic hydroxyl groups excluding tert-OH is 5. The molecule has 366 valence electrons. The molecule has 11 atom stereocenters. The van der Waals surface area contributed by atoms with Crippen molar-refractivity contribution in [2.45, 2.75) is 91.5 Å². The van der Waals surface area contributed by atoms with Crippen molar-refractivity contribution in [1.29, 1.82) is 0 Å². The third kappa shape index (κ3) is 10.5. The topological polar surface area (TPSA) is 243 Å². The zero-order valence-electron chi connectivity index (χ0n) is 39.6. The number of ether oxygens (including phenoxy) is 6. The molecule has 0 spiro atoms. The Labute approximate surface area is 390 Å². The van der Waals surface area contributed by atoms with Crippen LogP contribution in [0.15, 0.2) is 106 Å². The number of hydrogen-bond acceptors (Lipinski definition) is 17. The molecule has 7 rings (SSSR count). The number of Topliss-reactive ketones (excluding diaryl/α,β-unsaturated/α-hetero) is 1. The molecule has 2 aliphatic carbocycles. The molecule has 1 fully saturated rings. The van der Waals surface area contributed by atoms with Gasteiger partial charge in [-0.3, -0.25) is 14.4 Å². The fraction of sp³-hybridized carbons (Fsp3) is 0.551. The fourth-order valence-electron chi connectivity index (χ4n) is 9.48. The van der Waals surface area contributed by atoms with Crippen LogP contribution in [0.1, 0.15) is 61.3 Å². The fourth-order valence-corrected chi connectivity index (χ4v) is 9.48. The molecule has 0 aromatic rings. The molecule has 5 aliphatic heterocycles. The lowest BCUT2D eigenvalue weighted by Crippen LogP contribution is -2.47. The molecule has 18 nitrogen and oxygen atoms in total. The Kier molecular flexibility index (Phi) is 15.9. The number of ketones is 1. The standard InChI is InChI=1S/C49H65N3O15/c1-25-12-10-13-26(2)48(61)50-38-39(52-17-20-63-21-18-52)44(59)35-36(43(38)58)42(57)30(6)46-37(35)47(60)49(7,67-46)65-19-15-32(62-9)27(3)45(29(5)41(56)28(4)40(25)55)66-34(54)24-64-33(53)22-31-14-11-16-51(8)23-31/h10-13,15-16,19,23,25,27-29,32,35-36,40-41,45,55-56,58-60H,14,17-18,20-22,24H2,1-9H3,(H,50,61)/b12-10+,19-15+,26-13-/t25-,27-,28-,29-,32+,35?,36?,40+,41-,45+,49+/m1/s1. The van der Waals surface area contributed by atoms with Crippen LogP contribution in [0, 0.1) is 35.5 Å². The van der Waals surface area contributed by atoms with E-state index in [1.165, 1.54) is 46.3 Å². The average Bonchev–Trinajstić information content (AvgIpc) is 3.56. The largest absolute Gasteiger partial charge is 0.509 e. The molecule has 0 saturated carbocycles. The van der Waals surface area contributed by atoms with Crippen LogP contribution in [-0.4, -0.2) is 136 Å². The summed E-state index contributed by atoms with van der Waals surface area (Å²) in [6, 6.07) is 0. The molecule has 2 unspecified atom stereocenters. The second-order valence-electron chi connectivity index (χ2n) is 18.3. The van der Waals surface area contributed by atoms with Gasteiger partial charge in [0.05, 0.1) is 61.6 Å². The summed E-state index contributed by atoms with van der Waals surface area (Å²) in [5, 5.41) is 62.4. The monoisotopic (exact) mass is 935 g/mol. The molecule has 1 amide bonds. The summed E-state index contributed by atoms with van der Waals surface area (Å²) in [7, 11) is 3.24.